The van der Waals surface area contributed by atoms with Crippen LogP contribution in [0.4, 0.5) is 10.5 Å². The molecule has 0 aliphatic carbocycles. The summed E-state index contributed by atoms with van der Waals surface area (Å²) in [6.07, 6.45) is 0.885. The fraction of sp³-hybridized carbons (Fsp3) is 0.222. The zero-order valence-corrected chi connectivity index (χ0v) is 8.23. The van der Waals surface area contributed by atoms with Gasteiger partial charge in [-0.2, -0.15) is 0 Å². The van der Waals surface area contributed by atoms with Gasteiger partial charge in [-0.05, 0) is 18.1 Å². The summed E-state index contributed by atoms with van der Waals surface area (Å²) >= 11 is 0. The molecule has 3 N–H and O–H groups in total. The summed E-state index contributed by atoms with van der Waals surface area (Å²) in [7, 11) is 0. The molecule has 0 saturated carbocycles. The molecule has 13 heavy (non-hydrogen) atoms. The average molecular weight is 201 g/mol. The van der Waals surface area contributed by atoms with E-state index in [0.717, 1.165) is 17.7 Å². The van der Waals surface area contributed by atoms with Gasteiger partial charge in [0.15, 0.2) is 0 Å². The normalized spacial score (nSPS) is 8.69. The highest BCUT2D eigenvalue weighted by molar-refractivity contribution is 5.88. The standard InChI is InChI=1S/C9H12N2O.ClH/c1-2-7-5-3-4-6-8(7)11-9(10)12;/h3-6H,2H2,1H3,(H3,10,11,12);1H. The van der Waals surface area contributed by atoms with Crippen molar-refractivity contribution in [1.82, 2.24) is 0 Å². The minimum Gasteiger partial charge on any atom is -0.351 e. The third kappa shape index (κ3) is 3.34. The number of carbonyl (C=O) groups is 1. The van der Waals surface area contributed by atoms with Crippen molar-refractivity contribution in [1.29, 1.82) is 0 Å². The van der Waals surface area contributed by atoms with Gasteiger partial charge in [0.2, 0.25) is 0 Å². The van der Waals surface area contributed by atoms with E-state index in [1.165, 1.54) is 0 Å². The second-order valence-electron chi connectivity index (χ2n) is 2.50. The maximum atomic E-state index is 10.5. The zero-order chi connectivity index (χ0) is 8.97. The minimum absolute atomic E-state index is 0. The Bertz CT molecular complexity index is 289. The Morgan fingerprint density at radius 1 is 1.46 bits per heavy atom. The van der Waals surface area contributed by atoms with Crippen molar-refractivity contribution < 1.29 is 4.79 Å². The van der Waals surface area contributed by atoms with Crippen LogP contribution in [0.25, 0.3) is 0 Å². The molecule has 0 bridgehead atoms. The molecule has 0 unspecified atom stereocenters. The molecule has 72 valence electrons. The van der Waals surface area contributed by atoms with Gasteiger partial charge in [0.25, 0.3) is 0 Å². The van der Waals surface area contributed by atoms with Crippen LogP contribution in [0.5, 0.6) is 0 Å². The highest BCUT2D eigenvalue weighted by Gasteiger charge is 1.99. The quantitative estimate of drug-likeness (QED) is 0.755. The van der Waals surface area contributed by atoms with E-state index < -0.39 is 6.03 Å². The van der Waals surface area contributed by atoms with Gasteiger partial charge in [0.1, 0.15) is 0 Å². The first kappa shape index (κ1) is 11.8. The Hall–Kier alpha value is -1.22. The van der Waals surface area contributed by atoms with Crippen molar-refractivity contribution in [2.45, 2.75) is 13.3 Å². The van der Waals surface area contributed by atoms with E-state index in [2.05, 4.69) is 5.32 Å². The Morgan fingerprint density at radius 2 is 2.08 bits per heavy atom. The van der Waals surface area contributed by atoms with Crippen LogP contribution < -0.4 is 11.1 Å². The number of hydrogen-bond acceptors (Lipinski definition) is 1. The number of benzene rings is 1. The van der Waals surface area contributed by atoms with E-state index in [-0.39, 0.29) is 12.4 Å². The second-order valence-corrected chi connectivity index (χ2v) is 2.50. The summed E-state index contributed by atoms with van der Waals surface area (Å²) in [5.41, 5.74) is 6.89. The van der Waals surface area contributed by atoms with E-state index in [4.69, 9.17) is 5.73 Å². The number of carbonyl (C=O) groups excluding carboxylic acids is 1. The molecule has 1 rings (SSSR count). The molecule has 0 heterocycles. The predicted molar refractivity (Wildman–Crippen MR) is 56.3 cm³/mol. The van der Waals surface area contributed by atoms with E-state index in [1.54, 1.807) is 0 Å². The van der Waals surface area contributed by atoms with Crippen molar-refractivity contribution in [3.05, 3.63) is 29.8 Å². The number of urea groups is 1. The van der Waals surface area contributed by atoms with Gasteiger partial charge in [-0.25, -0.2) is 4.79 Å². The number of hydrogen-bond donors (Lipinski definition) is 2. The lowest BCUT2D eigenvalue weighted by atomic mass is 10.1. The minimum atomic E-state index is -0.518. The number of primary amides is 1. The van der Waals surface area contributed by atoms with Gasteiger partial charge in [-0.1, -0.05) is 25.1 Å². The largest absolute Gasteiger partial charge is 0.351 e. The molecule has 0 aliphatic rings. The number of anilines is 1. The van der Waals surface area contributed by atoms with Crippen LogP contribution >= 0.6 is 12.4 Å². The Labute approximate surface area is 83.7 Å². The molecular formula is C9H13ClN2O. The lowest BCUT2D eigenvalue weighted by Crippen LogP contribution is -2.20. The Kier molecular flexibility index (Phi) is 4.92. The third-order valence-corrected chi connectivity index (χ3v) is 1.66. The monoisotopic (exact) mass is 200 g/mol. The predicted octanol–water partition coefficient (Wildman–Crippen LogP) is 2.16. The summed E-state index contributed by atoms with van der Waals surface area (Å²) in [5.74, 6) is 0. The van der Waals surface area contributed by atoms with Crippen LogP contribution in [0.2, 0.25) is 0 Å². The second kappa shape index (κ2) is 5.43. The fourth-order valence-corrected chi connectivity index (χ4v) is 1.08. The molecule has 0 atom stereocenters. The van der Waals surface area contributed by atoms with E-state index in [1.807, 2.05) is 31.2 Å². The summed E-state index contributed by atoms with van der Waals surface area (Å²) in [6, 6.07) is 7.08. The summed E-state index contributed by atoms with van der Waals surface area (Å²) < 4.78 is 0. The maximum absolute atomic E-state index is 10.5. The molecule has 0 spiro atoms. The fourth-order valence-electron chi connectivity index (χ4n) is 1.08. The summed E-state index contributed by atoms with van der Waals surface area (Å²) in [4.78, 5) is 10.5. The van der Waals surface area contributed by atoms with Crippen molar-refractivity contribution in [3.8, 4) is 0 Å². The molecule has 0 aliphatic heterocycles. The lowest BCUT2D eigenvalue weighted by molar-refractivity contribution is 0.259. The van der Waals surface area contributed by atoms with Gasteiger partial charge in [0.05, 0.1) is 0 Å². The first-order chi connectivity index (χ1) is 5.74. The van der Waals surface area contributed by atoms with Gasteiger partial charge in [-0.15, -0.1) is 12.4 Å². The van der Waals surface area contributed by atoms with Crippen LogP contribution in [0.15, 0.2) is 24.3 Å². The molecular weight excluding hydrogens is 188 g/mol. The number of amides is 2. The number of rotatable bonds is 2. The smallest absolute Gasteiger partial charge is 0.316 e. The number of para-hydroxylation sites is 1. The first-order valence-electron chi connectivity index (χ1n) is 3.88. The van der Waals surface area contributed by atoms with Crippen molar-refractivity contribution in [2.75, 3.05) is 5.32 Å². The molecule has 1 aromatic carbocycles. The third-order valence-electron chi connectivity index (χ3n) is 1.66. The van der Waals surface area contributed by atoms with Crippen LogP contribution in [-0.4, -0.2) is 6.03 Å². The zero-order valence-electron chi connectivity index (χ0n) is 7.41. The molecule has 1 aromatic rings. The summed E-state index contributed by atoms with van der Waals surface area (Å²) in [5, 5.41) is 2.56. The average Bonchev–Trinajstić information content (AvgIpc) is 2.04. The van der Waals surface area contributed by atoms with Crippen LogP contribution in [0.1, 0.15) is 12.5 Å². The first-order valence-corrected chi connectivity index (χ1v) is 3.88. The number of nitrogens with one attached hydrogen (secondary N) is 1. The van der Waals surface area contributed by atoms with Gasteiger partial charge >= 0.3 is 6.03 Å². The Morgan fingerprint density at radius 3 is 2.62 bits per heavy atom. The molecule has 0 saturated heterocycles. The van der Waals surface area contributed by atoms with Crippen LogP contribution in [-0.2, 0) is 6.42 Å². The molecule has 0 aromatic heterocycles. The SMILES string of the molecule is CCc1ccccc1NC(N)=O.Cl. The van der Waals surface area contributed by atoms with Gasteiger partial charge < -0.3 is 11.1 Å². The van der Waals surface area contributed by atoms with Crippen molar-refractivity contribution in [2.24, 2.45) is 5.73 Å². The molecule has 3 nitrogen and oxygen atoms in total. The molecule has 0 fully saturated rings. The highest BCUT2D eigenvalue weighted by Crippen LogP contribution is 2.14. The van der Waals surface area contributed by atoms with Crippen LogP contribution in [0, 0.1) is 0 Å². The number of nitrogens with two attached hydrogens (primary N) is 1. The Balaban J connectivity index is 0.00000144. The number of aryl methyl sites for hydroxylation is 1. The van der Waals surface area contributed by atoms with Gasteiger partial charge in [0, 0.05) is 5.69 Å². The summed E-state index contributed by atoms with van der Waals surface area (Å²) in [6.45, 7) is 2.03. The molecule has 2 amide bonds. The molecule has 4 heteroatoms. The topological polar surface area (TPSA) is 55.1 Å². The highest BCUT2D eigenvalue weighted by atomic mass is 35.5. The maximum Gasteiger partial charge on any atom is 0.316 e. The van der Waals surface area contributed by atoms with E-state index in [0.29, 0.717) is 0 Å². The van der Waals surface area contributed by atoms with E-state index >= 15 is 0 Å². The molecule has 0 radical (unpaired) electrons. The number of halogens is 1. The van der Waals surface area contributed by atoms with Crippen molar-refractivity contribution in [3.63, 3.8) is 0 Å². The van der Waals surface area contributed by atoms with Gasteiger partial charge in [-0.3, -0.25) is 0 Å². The lowest BCUT2D eigenvalue weighted by Gasteiger charge is -2.06. The van der Waals surface area contributed by atoms with Crippen LogP contribution in [0.3, 0.4) is 0 Å². The van der Waals surface area contributed by atoms with Crippen molar-refractivity contribution >= 4 is 24.1 Å². The van der Waals surface area contributed by atoms with E-state index in [9.17, 15) is 4.79 Å².